The smallest absolute Gasteiger partial charge is 0.234 e. The molecular weight excluding hydrogens is 322 g/mol. The third-order valence-corrected chi connectivity index (χ3v) is 5.55. The van der Waals surface area contributed by atoms with Gasteiger partial charge in [0.2, 0.25) is 5.91 Å². The Bertz CT molecular complexity index is 653. The van der Waals surface area contributed by atoms with Gasteiger partial charge in [-0.25, -0.2) is 4.98 Å². The number of hydrogen-bond donors (Lipinski definition) is 2. The van der Waals surface area contributed by atoms with Crippen molar-refractivity contribution in [2.75, 3.05) is 19.6 Å². The number of hydrogen-bond acceptors (Lipinski definition) is 5. The van der Waals surface area contributed by atoms with Crippen molar-refractivity contribution in [2.24, 2.45) is 0 Å². The van der Waals surface area contributed by atoms with E-state index in [-0.39, 0.29) is 12.0 Å². The van der Waals surface area contributed by atoms with Gasteiger partial charge >= 0.3 is 0 Å². The van der Waals surface area contributed by atoms with Crippen LogP contribution >= 0.6 is 11.3 Å². The van der Waals surface area contributed by atoms with Gasteiger partial charge in [0.05, 0.1) is 27.9 Å². The molecule has 1 aliphatic heterocycles. The zero-order valence-corrected chi connectivity index (χ0v) is 14.9. The molecular formula is C18H25N3O2S. The highest BCUT2D eigenvalue weighted by Crippen LogP contribution is 2.22. The average molecular weight is 347 g/mol. The molecule has 1 aromatic heterocycles. The van der Waals surface area contributed by atoms with E-state index in [1.807, 2.05) is 25.1 Å². The highest BCUT2D eigenvalue weighted by atomic mass is 32.1. The van der Waals surface area contributed by atoms with Crippen molar-refractivity contribution in [2.45, 2.75) is 44.8 Å². The molecule has 0 bridgehead atoms. The maximum atomic E-state index is 12.2. The van der Waals surface area contributed by atoms with Gasteiger partial charge in [-0.2, -0.15) is 0 Å². The van der Waals surface area contributed by atoms with Crippen molar-refractivity contribution in [1.82, 2.24) is 15.2 Å². The Morgan fingerprint density at radius 2 is 2.33 bits per heavy atom. The number of rotatable bonds is 7. The maximum Gasteiger partial charge on any atom is 0.234 e. The number of nitrogens with zero attached hydrogens (tertiary/aromatic N) is 2. The van der Waals surface area contributed by atoms with E-state index in [1.165, 1.54) is 4.70 Å². The van der Waals surface area contributed by atoms with Crippen LogP contribution in [0.1, 0.15) is 31.2 Å². The molecule has 1 saturated heterocycles. The Morgan fingerprint density at radius 3 is 3.12 bits per heavy atom. The first kappa shape index (κ1) is 17.3. The van der Waals surface area contributed by atoms with Gasteiger partial charge in [-0.15, -0.1) is 11.3 Å². The van der Waals surface area contributed by atoms with Gasteiger partial charge in [-0.3, -0.25) is 9.69 Å². The molecule has 1 fully saturated rings. The highest BCUT2D eigenvalue weighted by molar-refractivity contribution is 7.18. The van der Waals surface area contributed by atoms with E-state index in [9.17, 15) is 9.90 Å². The van der Waals surface area contributed by atoms with E-state index < -0.39 is 0 Å². The summed E-state index contributed by atoms with van der Waals surface area (Å²) in [6.45, 7) is 3.81. The van der Waals surface area contributed by atoms with Crippen molar-refractivity contribution in [3.05, 3.63) is 29.3 Å². The lowest BCUT2D eigenvalue weighted by molar-refractivity contribution is -0.122. The number of aliphatic hydroxyl groups excluding tert-OH is 1. The number of aromatic nitrogens is 1. The van der Waals surface area contributed by atoms with Crippen molar-refractivity contribution < 1.29 is 9.90 Å². The van der Waals surface area contributed by atoms with Crippen molar-refractivity contribution >= 4 is 27.5 Å². The first-order valence-electron chi connectivity index (χ1n) is 8.65. The normalized spacial score (nSPS) is 19.7. The summed E-state index contributed by atoms with van der Waals surface area (Å²) in [5, 5.41) is 13.6. The summed E-state index contributed by atoms with van der Waals surface area (Å²) in [4.78, 5) is 18.9. The van der Waals surface area contributed by atoms with Gasteiger partial charge in [0.15, 0.2) is 0 Å². The number of carbonyl (C=O) groups is 1. The van der Waals surface area contributed by atoms with Crippen LogP contribution in [0.5, 0.6) is 0 Å². The van der Waals surface area contributed by atoms with Gasteiger partial charge in [0, 0.05) is 19.0 Å². The quantitative estimate of drug-likeness (QED) is 0.806. The Morgan fingerprint density at radius 1 is 1.50 bits per heavy atom. The molecule has 2 aromatic rings. The first-order chi connectivity index (χ1) is 11.6. The van der Waals surface area contributed by atoms with E-state index in [4.69, 9.17) is 0 Å². The van der Waals surface area contributed by atoms with E-state index >= 15 is 0 Å². The number of likely N-dealkylation sites (tertiary alicyclic amines) is 1. The number of carbonyl (C=O) groups excluding carboxylic acids is 1. The Labute approximate surface area is 146 Å². The minimum Gasteiger partial charge on any atom is -0.393 e. The zero-order chi connectivity index (χ0) is 16.9. The molecule has 2 atom stereocenters. The Hall–Kier alpha value is -1.50. The van der Waals surface area contributed by atoms with Crippen LogP contribution in [0, 0.1) is 0 Å². The molecule has 1 amide bonds. The minimum absolute atomic E-state index is 0.0635. The number of amides is 1. The predicted octanol–water partition coefficient (Wildman–Crippen LogP) is 2.19. The molecule has 0 spiro atoms. The molecule has 0 saturated carbocycles. The number of fused-ring (bicyclic) bond motifs is 1. The lowest BCUT2D eigenvalue weighted by Crippen LogP contribution is -2.41. The SMILES string of the molecule is CC(O)CC1CCCN1CC(=O)NCCc1nc2ccccc2s1. The fourth-order valence-corrected chi connectivity index (χ4v) is 4.31. The van der Waals surface area contributed by atoms with Gasteiger partial charge in [-0.1, -0.05) is 12.1 Å². The van der Waals surface area contributed by atoms with Gasteiger partial charge in [-0.05, 0) is 44.9 Å². The predicted molar refractivity (Wildman–Crippen MR) is 97.2 cm³/mol. The van der Waals surface area contributed by atoms with E-state index in [1.54, 1.807) is 11.3 Å². The van der Waals surface area contributed by atoms with Gasteiger partial charge in [0.1, 0.15) is 0 Å². The summed E-state index contributed by atoms with van der Waals surface area (Å²) in [6.07, 6.45) is 3.39. The first-order valence-corrected chi connectivity index (χ1v) is 9.47. The number of aliphatic hydroxyl groups is 1. The van der Waals surface area contributed by atoms with E-state index in [0.717, 1.165) is 42.8 Å². The van der Waals surface area contributed by atoms with Crippen LogP contribution in [-0.2, 0) is 11.2 Å². The molecule has 5 nitrogen and oxygen atoms in total. The summed E-state index contributed by atoms with van der Waals surface area (Å²) in [7, 11) is 0. The van der Waals surface area contributed by atoms with Crippen molar-refractivity contribution in [1.29, 1.82) is 0 Å². The van der Waals surface area contributed by atoms with Crippen LogP contribution in [0.3, 0.4) is 0 Å². The molecule has 24 heavy (non-hydrogen) atoms. The van der Waals surface area contributed by atoms with Crippen LogP contribution < -0.4 is 5.32 Å². The molecule has 2 unspecified atom stereocenters. The number of thiazole rings is 1. The molecule has 1 aromatic carbocycles. The summed E-state index contributed by atoms with van der Waals surface area (Å²) >= 11 is 1.69. The molecule has 0 radical (unpaired) electrons. The molecule has 6 heteroatoms. The average Bonchev–Trinajstić information content (AvgIpc) is 3.13. The molecule has 3 rings (SSSR count). The largest absolute Gasteiger partial charge is 0.393 e. The maximum absolute atomic E-state index is 12.2. The Kier molecular flexibility index (Phi) is 5.81. The second kappa shape index (κ2) is 8.05. The fourth-order valence-electron chi connectivity index (χ4n) is 3.34. The van der Waals surface area contributed by atoms with E-state index in [2.05, 4.69) is 21.3 Å². The van der Waals surface area contributed by atoms with Crippen LogP contribution in [0.4, 0.5) is 0 Å². The monoisotopic (exact) mass is 347 g/mol. The zero-order valence-electron chi connectivity index (χ0n) is 14.1. The second-order valence-corrected chi connectivity index (χ2v) is 7.64. The third-order valence-electron chi connectivity index (χ3n) is 4.46. The summed E-state index contributed by atoms with van der Waals surface area (Å²) < 4.78 is 1.19. The summed E-state index contributed by atoms with van der Waals surface area (Å²) in [5.74, 6) is 0.0635. The number of benzene rings is 1. The highest BCUT2D eigenvalue weighted by Gasteiger charge is 2.26. The molecule has 2 N–H and O–H groups in total. The molecule has 0 aliphatic carbocycles. The topological polar surface area (TPSA) is 65.5 Å². The fraction of sp³-hybridized carbons (Fsp3) is 0.556. The lowest BCUT2D eigenvalue weighted by atomic mass is 10.1. The van der Waals surface area contributed by atoms with Gasteiger partial charge < -0.3 is 10.4 Å². The molecule has 130 valence electrons. The summed E-state index contributed by atoms with van der Waals surface area (Å²) in [6, 6.07) is 8.44. The van der Waals surface area contributed by atoms with Gasteiger partial charge in [0.25, 0.3) is 0 Å². The summed E-state index contributed by atoms with van der Waals surface area (Å²) in [5.41, 5.74) is 1.03. The standard InChI is InChI=1S/C18H25N3O2S/c1-13(22)11-14-5-4-10-21(14)12-17(23)19-9-8-18-20-15-6-2-3-7-16(15)24-18/h2-3,6-7,13-14,22H,4-5,8-12H2,1H3,(H,19,23). The van der Waals surface area contributed by atoms with Crippen LogP contribution in [0.2, 0.25) is 0 Å². The van der Waals surface area contributed by atoms with Crippen LogP contribution in [0.15, 0.2) is 24.3 Å². The molecule has 2 heterocycles. The van der Waals surface area contributed by atoms with Crippen LogP contribution in [-0.4, -0.2) is 52.7 Å². The van der Waals surface area contributed by atoms with Crippen molar-refractivity contribution in [3.8, 4) is 0 Å². The minimum atomic E-state index is -0.308. The second-order valence-electron chi connectivity index (χ2n) is 6.53. The number of para-hydroxylation sites is 1. The lowest BCUT2D eigenvalue weighted by Gasteiger charge is -2.24. The third kappa shape index (κ3) is 4.53. The van der Waals surface area contributed by atoms with Crippen LogP contribution in [0.25, 0.3) is 10.2 Å². The van der Waals surface area contributed by atoms with Crippen molar-refractivity contribution in [3.63, 3.8) is 0 Å². The molecule has 1 aliphatic rings. The number of nitrogens with one attached hydrogen (secondary N) is 1. The Balaban J connectivity index is 1.43. The van der Waals surface area contributed by atoms with E-state index in [0.29, 0.717) is 19.1 Å².